The fourth-order valence-electron chi connectivity index (χ4n) is 6.42. The van der Waals surface area contributed by atoms with E-state index in [9.17, 15) is 9.90 Å². The third-order valence-corrected chi connectivity index (χ3v) is 10.2. The first-order chi connectivity index (χ1) is 19.8. The number of piperidine rings is 1. The second kappa shape index (κ2) is 13.7. The topological polar surface area (TPSA) is 53.0 Å². The molecule has 0 aromatic heterocycles. The lowest BCUT2D eigenvalue weighted by Crippen LogP contribution is -2.50. The molecule has 0 saturated carbocycles. The van der Waals surface area contributed by atoms with Gasteiger partial charge in [-0.3, -0.25) is 9.80 Å². The van der Waals surface area contributed by atoms with Gasteiger partial charge in [-0.05, 0) is 105 Å². The summed E-state index contributed by atoms with van der Waals surface area (Å²) in [6, 6.07) is 24.1. The van der Waals surface area contributed by atoms with Crippen molar-refractivity contribution < 1.29 is 14.6 Å². The summed E-state index contributed by atoms with van der Waals surface area (Å²) in [5.74, 6) is 0.0999. The predicted molar refractivity (Wildman–Crippen MR) is 168 cm³/mol. The zero-order valence-electron chi connectivity index (χ0n) is 24.2. The quantitative estimate of drug-likeness (QED) is 0.183. The third-order valence-electron chi connectivity index (χ3n) is 8.71. The minimum Gasteiger partial charge on any atom is -0.423 e. The molecular formula is C34H41ClN2O3S. The van der Waals surface area contributed by atoms with E-state index in [1.807, 2.05) is 60.3 Å². The van der Waals surface area contributed by atoms with Gasteiger partial charge in [0.2, 0.25) is 0 Å². The summed E-state index contributed by atoms with van der Waals surface area (Å²) in [6.45, 7) is 9.29. The van der Waals surface area contributed by atoms with Gasteiger partial charge in [0.1, 0.15) is 5.75 Å². The molecule has 0 aliphatic carbocycles. The number of carbonyl (C=O) groups excluding carboxylic acids is 1. The number of nitrogens with zero attached hydrogens (tertiary/aromatic N) is 2. The maximum atomic E-state index is 12.7. The van der Waals surface area contributed by atoms with Crippen molar-refractivity contribution in [3.63, 3.8) is 0 Å². The van der Waals surface area contributed by atoms with Crippen LogP contribution in [0.4, 0.5) is 0 Å². The van der Waals surface area contributed by atoms with Crippen LogP contribution in [0, 0.1) is 0 Å². The lowest BCUT2D eigenvalue weighted by Gasteiger charge is -2.43. The zero-order chi connectivity index (χ0) is 28.9. The second-order valence-corrected chi connectivity index (χ2v) is 13.1. The number of halogens is 1. The number of hydrogen-bond donors (Lipinski definition) is 1. The Morgan fingerprint density at radius 1 is 0.976 bits per heavy atom. The van der Waals surface area contributed by atoms with Crippen molar-refractivity contribution in [3.05, 3.63) is 94.5 Å². The van der Waals surface area contributed by atoms with Gasteiger partial charge in [0, 0.05) is 39.8 Å². The second-order valence-electron chi connectivity index (χ2n) is 11.3. The Morgan fingerprint density at radius 2 is 1.59 bits per heavy atom. The van der Waals surface area contributed by atoms with E-state index in [2.05, 4.69) is 42.7 Å². The number of thioether (sulfide) groups is 1. The normalized spacial score (nSPS) is 22.0. The van der Waals surface area contributed by atoms with E-state index in [0.29, 0.717) is 28.6 Å². The molecule has 1 N–H and O–H groups in total. The molecule has 2 aliphatic heterocycles. The van der Waals surface area contributed by atoms with Crippen LogP contribution in [0.2, 0.25) is 5.02 Å². The van der Waals surface area contributed by atoms with E-state index in [1.54, 1.807) is 12.1 Å². The number of rotatable bonds is 11. The minimum atomic E-state index is -0.610. The summed E-state index contributed by atoms with van der Waals surface area (Å²) >= 11 is 8.02. The van der Waals surface area contributed by atoms with Crippen LogP contribution >= 0.6 is 23.4 Å². The summed E-state index contributed by atoms with van der Waals surface area (Å²) < 4.78 is 5.64. The summed E-state index contributed by atoms with van der Waals surface area (Å²) in [5, 5.41) is 12.7. The van der Waals surface area contributed by atoms with Gasteiger partial charge < -0.3 is 9.84 Å². The van der Waals surface area contributed by atoms with Crippen LogP contribution in [-0.4, -0.2) is 57.3 Å². The summed E-state index contributed by atoms with van der Waals surface area (Å²) in [4.78, 5) is 18.9. The summed E-state index contributed by atoms with van der Waals surface area (Å²) in [5.41, 5.74) is 2.55. The molecule has 5 nitrogen and oxygen atoms in total. The molecule has 2 saturated heterocycles. The number of aliphatic hydroxyl groups is 1. The van der Waals surface area contributed by atoms with Crippen molar-refractivity contribution in [3.8, 4) is 5.75 Å². The van der Waals surface area contributed by atoms with Crippen molar-refractivity contribution in [2.75, 3.05) is 13.1 Å². The highest BCUT2D eigenvalue weighted by Gasteiger charge is 2.44. The molecule has 41 heavy (non-hydrogen) atoms. The molecule has 0 radical (unpaired) electrons. The fraction of sp³-hybridized carbons (Fsp3) is 0.441. The number of hydrogen-bond acceptors (Lipinski definition) is 6. The largest absolute Gasteiger partial charge is 0.423 e. The average Bonchev–Trinajstić information content (AvgIpc) is 3.26. The molecular weight excluding hydrogens is 552 g/mol. The molecule has 218 valence electrons. The van der Waals surface area contributed by atoms with Crippen molar-refractivity contribution in [2.45, 2.75) is 87.4 Å². The Labute approximate surface area is 253 Å². The maximum Gasteiger partial charge on any atom is 0.343 e. The van der Waals surface area contributed by atoms with Crippen LogP contribution in [0.15, 0.2) is 77.7 Å². The first-order valence-electron chi connectivity index (χ1n) is 14.9. The van der Waals surface area contributed by atoms with Crippen LogP contribution in [0.1, 0.15) is 74.0 Å². The Kier molecular flexibility index (Phi) is 10.1. The predicted octanol–water partition coefficient (Wildman–Crippen LogP) is 7.61. The average molecular weight is 593 g/mol. The van der Waals surface area contributed by atoms with E-state index in [-0.39, 0.29) is 12.0 Å². The maximum absolute atomic E-state index is 12.7. The molecule has 3 aromatic carbocycles. The van der Waals surface area contributed by atoms with Crippen LogP contribution < -0.4 is 4.74 Å². The Bertz CT molecular complexity index is 1270. The van der Waals surface area contributed by atoms with E-state index < -0.39 is 6.10 Å². The van der Waals surface area contributed by atoms with Gasteiger partial charge in [0.15, 0.2) is 0 Å². The molecule has 2 fully saturated rings. The van der Waals surface area contributed by atoms with Gasteiger partial charge >= 0.3 is 5.97 Å². The third kappa shape index (κ3) is 7.36. The highest BCUT2D eigenvalue weighted by molar-refractivity contribution is 8.00. The molecule has 2 aliphatic rings. The Morgan fingerprint density at radius 3 is 2.17 bits per heavy atom. The molecule has 2 bridgehead atoms. The number of aliphatic hydroxyl groups excluding tert-OH is 1. The number of esters is 1. The first-order valence-corrected chi connectivity index (χ1v) is 16.1. The Hall–Kier alpha value is -2.35. The standard InChI is InChI=1S/C34H41ClN2O3S/c1-4-36(5-2)22-24-6-8-26(9-7-24)34(39)40-30-16-10-25(11-17-30)33(38)23(3)37-28-14-15-29(37)21-32(20-28)41-31-18-12-27(35)13-19-31/h6-13,16-19,23,28-29,32-33,38H,4-5,14-15,20-22H2,1-3H3/t23-,28?,29?,32?,33?/m0/s1. The number of carbonyl (C=O) groups is 1. The fourth-order valence-corrected chi connectivity index (χ4v) is 7.86. The molecule has 0 spiro atoms. The van der Waals surface area contributed by atoms with E-state index in [0.717, 1.165) is 43.1 Å². The molecule has 2 heterocycles. The number of benzene rings is 3. The van der Waals surface area contributed by atoms with E-state index in [4.69, 9.17) is 16.3 Å². The Balaban J connectivity index is 1.15. The monoisotopic (exact) mass is 592 g/mol. The van der Waals surface area contributed by atoms with Gasteiger partial charge in [0.25, 0.3) is 0 Å². The van der Waals surface area contributed by atoms with Crippen molar-refractivity contribution in [1.29, 1.82) is 0 Å². The molecule has 7 heteroatoms. The van der Waals surface area contributed by atoms with Crippen LogP contribution in [0.3, 0.4) is 0 Å². The minimum absolute atomic E-state index is 0.0113. The molecule has 0 amide bonds. The van der Waals surface area contributed by atoms with Crippen LogP contribution in [-0.2, 0) is 6.54 Å². The van der Waals surface area contributed by atoms with Gasteiger partial charge in [-0.2, -0.15) is 0 Å². The number of ether oxygens (including phenoxy) is 1. The van der Waals surface area contributed by atoms with Crippen LogP contribution in [0.25, 0.3) is 0 Å². The van der Waals surface area contributed by atoms with E-state index in [1.165, 1.54) is 23.3 Å². The van der Waals surface area contributed by atoms with E-state index >= 15 is 0 Å². The molecule has 3 aromatic rings. The summed E-state index contributed by atoms with van der Waals surface area (Å²) in [7, 11) is 0. The van der Waals surface area contributed by atoms with Crippen molar-refractivity contribution >= 4 is 29.3 Å². The van der Waals surface area contributed by atoms with Gasteiger partial charge in [-0.1, -0.05) is 49.7 Å². The van der Waals surface area contributed by atoms with Crippen LogP contribution in [0.5, 0.6) is 5.75 Å². The SMILES string of the molecule is CCN(CC)Cc1ccc(C(=O)Oc2ccc(C(O)[C@H](C)N3C4CCC3CC(Sc3ccc(Cl)cc3)C4)cc2)cc1. The highest BCUT2D eigenvalue weighted by atomic mass is 35.5. The van der Waals surface area contributed by atoms with Gasteiger partial charge in [-0.25, -0.2) is 4.79 Å². The molecule has 3 unspecified atom stereocenters. The smallest absolute Gasteiger partial charge is 0.343 e. The zero-order valence-corrected chi connectivity index (χ0v) is 25.8. The lowest BCUT2D eigenvalue weighted by atomic mass is 9.95. The summed E-state index contributed by atoms with van der Waals surface area (Å²) in [6.07, 6.45) is 4.02. The van der Waals surface area contributed by atoms with Crippen molar-refractivity contribution in [2.24, 2.45) is 0 Å². The lowest BCUT2D eigenvalue weighted by molar-refractivity contribution is 0.0115. The highest BCUT2D eigenvalue weighted by Crippen LogP contribution is 2.45. The molecule has 5 rings (SSSR count). The van der Waals surface area contributed by atoms with Gasteiger partial charge in [0.05, 0.1) is 11.7 Å². The van der Waals surface area contributed by atoms with Gasteiger partial charge in [-0.15, -0.1) is 11.8 Å². The van der Waals surface area contributed by atoms with Crippen molar-refractivity contribution in [1.82, 2.24) is 9.80 Å². The number of fused-ring (bicyclic) bond motifs is 2. The molecule has 4 atom stereocenters. The first kappa shape index (κ1) is 30.1.